The number of hydrogen-bond acceptors (Lipinski definition) is 4. The lowest BCUT2D eigenvalue weighted by molar-refractivity contribution is -0.156. The van der Waals surface area contributed by atoms with Crippen LogP contribution in [0, 0.1) is 12.7 Å². The summed E-state index contributed by atoms with van der Waals surface area (Å²) in [5.74, 6) is -0.868. The maximum Gasteiger partial charge on any atom is 0.255 e. The van der Waals surface area contributed by atoms with Crippen LogP contribution in [0.4, 0.5) is 4.39 Å². The molecule has 2 aliphatic heterocycles. The first-order valence-corrected chi connectivity index (χ1v) is 9.96. The number of halogens is 1. The number of fused-ring (bicyclic) bond motifs is 1. The van der Waals surface area contributed by atoms with Crippen LogP contribution >= 0.6 is 0 Å². The average molecular weight is 410 g/mol. The van der Waals surface area contributed by atoms with Crippen molar-refractivity contribution in [1.82, 2.24) is 19.7 Å². The summed E-state index contributed by atoms with van der Waals surface area (Å²) < 4.78 is 13.2. The van der Waals surface area contributed by atoms with Gasteiger partial charge in [0.2, 0.25) is 11.8 Å². The molecular formula is C22H23FN4O3. The quantitative estimate of drug-likeness (QED) is 0.771. The summed E-state index contributed by atoms with van der Waals surface area (Å²) in [4.78, 5) is 47.7. The minimum absolute atomic E-state index is 0.0115. The smallest absolute Gasteiger partial charge is 0.255 e. The van der Waals surface area contributed by atoms with Crippen molar-refractivity contribution in [3.8, 4) is 0 Å². The lowest BCUT2D eigenvalue weighted by atomic mass is 10.1. The zero-order valence-electron chi connectivity index (χ0n) is 16.8. The minimum atomic E-state index is -0.712. The molecular weight excluding hydrogens is 387 g/mol. The molecule has 7 nitrogen and oxygen atoms in total. The summed E-state index contributed by atoms with van der Waals surface area (Å²) in [6.07, 6.45) is 3.81. The largest absolute Gasteiger partial charge is 0.336 e. The molecule has 1 atom stereocenters. The maximum atomic E-state index is 13.2. The highest BCUT2D eigenvalue weighted by atomic mass is 19.1. The molecule has 0 aliphatic carbocycles. The number of benzene rings is 1. The minimum Gasteiger partial charge on any atom is -0.336 e. The van der Waals surface area contributed by atoms with E-state index >= 15 is 0 Å². The van der Waals surface area contributed by atoms with Gasteiger partial charge in [-0.25, -0.2) is 4.39 Å². The van der Waals surface area contributed by atoms with Crippen molar-refractivity contribution in [3.63, 3.8) is 0 Å². The zero-order chi connectivity index (χ0) is 21.3. The molecule has 2 aliphatic rings. The van der Waals surface area contributed by atoms with Gasteiger partial charge in [-0.3, -0.25) is 19.4 Å². The summed E-state index contributed by atoms with van der Waals surface area (Å²) in [5.41, 5.74) is 2.10. The predicted octanol–water partition coefficient (Wildman–Crippen LogP) is 1.61. The van der Waals surface area contributed by atoms with E-state index in [0.29, 0.717) is 25.1 Å². The molecule has 2 fully saturated rings. The second-order valence-corrected chi connectivity index (χ2v) is 7.78. The molecule has 3 heterocycles. The van der Waals surface area contributed by atoms with Crippen LogP contribution in [0.2, 0.25) is 0 Å². The van der Waals surface area contributed by atoms with Crippen LogP contribution in [0.5, 0.6) is 0 Å². The van der Waals surface area contributed by atoms with E-state index in [1.807, 2.05) is 6.92 Å². The van der Waals surface area contributed by atoms with Gasteiger partial charge in [-0.1, -0.05) is 12.1 Å². The lowest BCUT2D eigenvalue weighted by Crippen LogP contribution is -2.61. The van der Waals surface area contributed by atoms with E-state index in [1.54, 1.807) is 34.2 Å². The standard InChI is InChI=1S/C22H23FN4O3/c1-15-9-17(11-24-10-15)21(29)25-7-2-8-27-19(13-25)22(30)26(14-20(27)28)12-16-3-5-18(23)6-4-16/h3-6,9-11,19H,2,7-8,12-14H2,1H3. The summed E-state index contributed by atoms with van der Waals surface area (Å²) in [5, 5.41) is 0. The lowest BCUT2D eigenvalue weighted by Gasteiger charge is -2.40. The molecule has 1 unspecified atom stereocenters. The third-order valence-corrected chi connectivity index (χ3v) is 5.54. The van der Waals surface area contributed by atoms with Crippen molar-refractivity contribution in [1.29, 1.82) is 0 Å². The Morgan fingerprint density at radius 2 is 1.93 bits per heavy atom. The first-order valence-electron chi connectivity index (χ1n) is 9.96. The van der Waals surface area contributed by atoms with E-state index in [2.05, 4.69) is 4.98 Å². The third kappa shape index (κ3) is 4.03. The molecule has 0 saturated carbocycles. The van der Waals surface area contributed by atoms with Crippen LogP contribution in [-0.2, 0) is 16.1 Å². The number of rotatable bonds is 3. The number of aryl methyl sites for hydroxylation is 1. The van der Waals surface area contributed by atoms with Crippen molar-refractivity contribution in [2.75, 3.05) is 26.2 Å². The first-order chi connectivity index (χ1) is 14.4. The molecule has 8 heteroatoms. The van der Waals surface area contributed by atoms with Gasteiger partial charge < -0.3 is 14.7 Å². The van der Waals surface area contributed by atoms with Crippen LogP contribution in [-0.4, -0.2) is 69.6 Å². The normalized spacial score (nSPS) is 19.5. The molecule has 156 valence electrons. The Balaban J connectivity index is 1.54. The van der Waals surface area contributed by atoms with Crippen LogP contribution < -0.4 is 0 Å². The van der Waals surface area contributed by atoms with Gasteiger partial charge in [-0.05, 0) is 42.7 Å². The highest BCUT2D eigenvalue weighted by molar-refractivity contribution is 5.97. The van der Waals surface area contributed by atoms with Gasteiger partial charge in [-0.2, -0.15) is 0 Å². The summed E-state index contributed by atoms with van der Waals surface area (Å²) in [6, 6.07) is 6.93. The molecule has 0 spiro atoms. The van der Waals surface area contributed by atoms with Gasteiger partial charge in [0.05, 0.1) is 12.1 Å². The van der Waals surface area contributed by atoms with Gasteiger partial charge in [0, 0.05) is 32.0 Å². The number of carbonyl (C=O) groups is 3. The molecule has 3 amide bonds. The highest BCUT2D eigenvalue weighted by Crippen LogP contribution is 2.21. The Morgan fingerprint density at radius 1 is 1.17 bits per heavy atom. The van der Waals surface area contributed by atoms with Crippen molar-refractivity contribution >= 4 is 17.7 Å². The molecule has 0 N–H and O–H groups in total. The monoisotopic (exact) mass is 410 g/mol. The van der Waals surface area contributed by atoms with Gasteiger partial charge in [-0.15, -0.1) is 0 Å². The number of nitrogens with zero attached hydrogens (tertiary/aromatic N) is 4. The Kier molecular flexibility index (Phi) is 5.48. The number of amides is 3. The molecule has 30 heavy (non-hydrogen) atoms. The first kappa shape index (κ1) is 20.0. The fourth-order valence-electron chi connectivity index (χ4n) is 4.02. The number of aromatic nitrogens is 1. The Hall–Kier alpha value is -3.29. The second kappa shape index (κ2) is 8.22. The van der Waals surface area contributed by atoms with Crippen molar-refractivity contribution < 1.29 is 18.8 Å². The number of pyridine rings is 1. The third-order valence-electron chi connectivity index (χ3n) is 5.54. The maximum absolute atomic E-state index is 13.2. The molecule has 0 bridgehead atoms. The molecule has 0 radical (unpaired) electrons. The number of piperazine rings is 1. The van der Waals surface area contributed by atoms with Gasteiger partial charge in [0.15, 0.2) is 0 Å². The van der Waals surface area contributed by atoms with E-state index in [9.17, 15) is 18.8 Å². The van der Waals surface area contributed by atoms with Crippen molar-refractivity contribution in [3.05, 3.63) is 65.2 Å². The van der Waals surface area contributed by atoms with E-state index in [4.69, 9.17) is 0 Å². The highest BCUT2D eigenvalue weighted by Gasteiger charge is 2.42. The summed E-state index contributed by atoms with van der Waals surface area (Å²) in [7, 11) is 0. The molecule has 2 saturated heterocycles. The Bertz CT molecular complexity index is 979. The second-order valence-electron chi connectivity index (χ2n) is 7.78. The van der Waals surface area contributed by atoms with Gasteiger partial charge in [0.1, 0.15) is 18.4 Å². The van der Waals surface area contributed by atoms with E-state index in [1.165, 1.54) is 23.2 Å². The van der Waals surface area contributed by atoms with E-state index < -0.39 is 6.04 Å². The van der Waals surface area contributed by atoms with Gasteiger partial charge >= 0.3 is 0 Å². The van der Waals surface area contributed by atoms with Crippen LogP contribution in [0.25, 0.3) is 0 Å². The summed E-state index contributed by atoms with van der Waals surface area (Å²) >= 11 is 0. The Labute approximate surface area is 174 Å². The van der Waals surface area contributed by atoms with E-state index in [-0.39, 0.29) is 43.2 Å². The van der Waals surface area contributed by atoms with E-state index in [0.717, 1.165) is 11.1 Å². The fourth-order valence-corrected chi connectivity index (χ4v) is 4.02. The predicted molar refractivity (Wildman–Crippen MR) is 107 cm³/mol. The van der Waals surface area contributed by atoms with Crippen LogP contribution in [0.3, 0.4) is 0 Å². The molecule has 2 aromatic rings. The topological polar surface area (TPSA) is 73.8 Å². The Morgan fingerprint density at radius 3 is 2.67 bits per heavy atom. The van der Waals surface area contributed by atoms with Crippen LogP contribution in [0.15, 0.2) is 42.7 Å². The molecule has 1 aromatic carbocycles. The average Bonchev–Trinajstić information content (AvgIpc) is 2.96. The number of carbonyl (C=O) groups excluding carboxylic acids is 3. The van der Waals surface area contributed by atoms with Crippen molar-refractivity contribution in [2.45, 2.75) is 25.9 Å². The molecule has 4 rings (SSSR count). The SMILES string of the molecule is Cc1cncc(C(=O)N2CCCN3C(=O)CN(Cc4ccc(F)cc4)C(=O)C3C2)c1. The molecule has 1 aromatic heterocycles. The zero-order valence-corrected chi connectivity index (χ0v) is 16.8. The fraction of sp³-hybridized carbons (Fsp3) is 0.364. The summed E-state index contributed by atoms with van der Waals surface area (Å²) in [6.45, 7) is 3.14. The van der Waals surface area contributed by atoms with Gasteiger partial charge in [0.25, 0.3) is 5.91 Å². The van der Waals surface area contributed by atoms with Crippen LogP contribution in [0.1, 0.15) is 27.9 Å². The number of hydrogen-bond donors (Lipinski definition) is 0. The van der Waals surface area contributed by atoms with Crippen molar-refractivity contribution in [2.24, 2.45) is 0 Å².